The van der Waals surface area contributed by atoms with Crippen molar-refractivity contribution in [1.29, 1.82) is 0 Å². The highest BCUT2D eigenvalue weighted by Gasteiger charge is 2.15. The topological polar surface area (TPSA) is 88.8 Å². The van der Waals surface area contributed by atoms with Crippen LogP contribution in [0.5, 0.6) is 0 Å². The highest BCUT2D eigenvalue weighted by Crippen LogP contribution is 2.29. The van der Waals surface area contributed by atoms with Gasteiger partial charge in [0.1, 0.15) is 15.7 Å². The molecule has 3 N–H and O–H groups in total. The summed E-state index contributed by atoms with van der Waals surface area (Å²) in [6, 6.07) is 4.68. The summed E-state index contributed by atoms with van der Waals surface area (Å²) in [5.74, 6) is 0.547. The molecule has 0 aliphatic heterocycles. The number of aromatic nitrogens is 2. The lowest BCUT2D eigenvalue weighted by atomic mass is 10.2. The van der Waals surface area contributed by atoms with E-state index in [2.05, 4.69) is 9.97 Å². The van der Waals surface area contributed by atoms with E-state index in [1.54, 1.807) is 24.4 Å². The fraction of sp³-hybridized carbons (Fsp3) is 0.308. The van der Waals surface area contributed by atoms with Crippen LogP contribution in [0.2, 0.25) is 10.0 Å². The average Bonchev–Trinajstić information content (AvgIpc) is 2.84. The lowest BCUT2D eigenvalue weighted by Gasteiger charge is -2.07. The largest absolute Gasteiger partial charge is 0.341 e. The summed E-state index contributed by atoms with van der Waals surface area (Å²) >= 11 is 12.0. The van der Waals surface area contributed by atoms with E-state index in [0.717, 1.165) is 5.56 Å². The number of sulfone groups is 1. The van der Waals surface area contributed by atoms with Crippen molar-refractivity contribution in [3.8, 4) is 11.3 Å². The number of nitrogens with two attached hydrogens (primary N) is 1. The summed E-state index contributed by atoms with van der Waals surface area (Å²) in [6.07, 6.45) is 3.10. The number of imidazole rings is 1. The third-order valence-electron chi connectivity index (χ3n) is 2.97. The Morgan fingerprint density at radius 3 is 2.71 bits per heavy atom. The van der Waals surface area contributed by atoms with E-state index in [9.17, 15) is 8.42 Å². The van der Waals surface area contributed by atoms with Crippen LogP contribution in [-0.4, -0.2) is 30.4 Å². The molecule has 1 atom stereocenters. The van der Waals surface area contributed by atoms with Crippen molar-refractivity contribution in [3.05, 3.63) is 40.3 Å². The first-order valence-corrected chi connectivity index (χ1v) is 9.01. The first kappa shape index (κ1) is 16.3. The van der Waals surface area contributed by atoms with Gasteiger partial charge in [0, 0.05) is 16.8 Å². The summed E-state index contributed by atoms with van der Waals surface area (Å²) in [4.78, 5) is 7.26. The van der Waals surface area contributed by atoms with Crippen LogP contribution in [0.4, 0.5) is 0 Å². The number of hydrogen-bond donors (Lipinski definition) is 2. The molecule has 1 unspecified atom stereocenters. The zero-order valence-electron chi connectivity index (χ0n) is 11.3. The Morgan fingerprint density at radius 2 is 2.10 bits per heavy atom. The van der Waals surface area contributed by atoms with Gasteiger partial charge >= 0.3 is 0 Å². The van der Waals surface area contributed by atoms with Crippen molar-refractivity contribution in [2.45, 2.75) is 12.5 Å². The second-order valence-electron chi connectivity index (χ2n) is 4.83. The number of benzene rings is 1. The highest BCUT2D eigenvalue weighted by atomic mass is 35.5. The molecule has 2 rings (SSSR count). The molecule has 0 amide bonds. The molecule has 0 aliphatic rings. The Bertz CT molecular complexity index is 744. The molecule has 1 heterocycles. The van der Waals surface area contributed by atoms with Crippen molar-refractivity contribution in [2.24, 2.45) is 5.73 Å². The van der Waals surface area contributed by atoms with Crippen molar-refractivity contribution in [1.82, 2.24) is 9.97 Å². The first-order valence-electron chi connectivity index (χ1n) is 6.20. The van der Waals surface area contributed by atoms with Crippen molar-refractivity contribution in [2.75, 3.05) is 12.0 Å². The zero-order valence-corrected chi connectivity index (χ0v) is 13.6. The van der Waals surface area contributed by atoms with Crippen LogP contribution in [0.15, 0.2) is 24.4 Å². The summed E-state index contributed by atoms with van der Waals surface area (Å²) in [5, 5.41) is 1.05. The van der Waals surface area contributed by atoms with Gasteiger partial charge in [0.2, 0.25) is 0 Å². The van der Waals surface area contributed by atoms with Crippen LogP contribution in [0.1, 0.15) is 18.3 Å². The van der Waals surface area contributed by atoms with Gasteiger partial charge in [-0.3, -0.25) is 0 Å². The van der Waals surface area contributed by atoms with E-state index in [0.29, 0.717) is 28.0 Å². The molecule has 0 bridgehead atoms. The molecule has 5 nitrogen and oxygen atoms in total. The minimum Gasteiger partial charge on any atom is -0.341 e. The van der Waals surface area contributed by atoms with Gasteiger partial charge in [-0.05, 0) is 24.6 Å². The monoisotopic (exact) mass is 347 g/mol. The van der Waals surface area contributed by atoms with Gasteiger partial charge in [-0.25, -0.2) is 13.4 Å². The zero-order chi connectivity index (χ0) is 15.6. The van der Waals surface area contributed by atoms with E-state index < -0.39 is 15.9 Å². The molecule has 2 aromatic rings. The molecular weight excluding hydrogens is 333 g/mol. The van der Waals surface area contributed by atoms with Gasteiger partial charge < -0.3 is 10.7 Å². The molecule has 114 valence electrons. The molecule has 0 radical (unpaired) electrons. The fourth-order valence-electron chi connectivity index (χ4n) is 1.85. The number of rotatable bonds is 5. The standard InChI is InChI=1S/C13H15Cl2N3O2S/c1-21(19,20)5-4-11(16)13-17-7-12(18-13)9-3-2-8(14)6-10(9)15/h2-3,6-7,11H,4-5,16H2,1H3,(H,17,18). The Kier molecular flexibility index (Phi) is 4.93. The van der Waals surface area contributed by atoms with Gasteiger partial charge in [-0.1, -0.05) is 23.2 Å². The molecule has 0 saturated heterocycles. The minimum atomic E-state index is -3.04. The quantitative estimate of drug-likeness (QED) is 0.870. The summed E-state index contributed by atoms with van der Waals surface area (Å²) in [6.45, 7) is 0. The lowest BCUT2D eigenvalue weighted by molar-refractivity contribution is 0.588. The number of H-pyrrole nitrogens is 1. The highest BCUT2D eigenvalue weighted by molar-refractivity contribution is 7.90. The molecule has 0 spiro atoms. The average molecular weight is 348 g/mol. The van der Waals surface area contributed by atoms with Gasteiger partial charge in [0.25, 0.3) is 0 Å². The van der Waals surface area contributed by atoms with E-state index >= 15 is 0 Å². The minimum absolute atomic E-state index is 0.0197. The van der Waals surface area contributed by atoms with Crippen molar-refractivity contribution < 1.29 is 8.42 Å². The molecule has 0 fully saturated rings. The van der Waals surface area contributed by atoms with Crippen LogP contribution < -0.4 is 5.73 Å². The molecule has 0 saturated carbocycles. The fourth-order valence-corrected chi connectivity index (χ4v) is 3.04. The maximum atomic E-state index is 11.2. The third-order valence-corrected chi connectivity index (χ3v) is 4.49. The van der Waals surface area contributed by atoms with E-state index in [1.807, 2.05) is 0 Å². The second kappa shape index (κ2) is 6.36. The van der Waals surface area contributed by atoms with Crippen molar-refractivity contribution >= 4 is 33.0 Å². The predicted molar refractivity (Wildman–Crippen MR) is 85.3 cm³/mol. The number of aromatic amines is 1. The van der Waals surface area contributed by atoms with Gasteiger partial charge in [-0.2, -0.15) is 0 Å². The Morgan fingerprint density at radius 1 is 1.38 bits per heavy atom. The van der Waals surface area contributed by atoms with Crippen LogP contribution in [0.25, 0.3) is 11.3 Å². The van der Waals surface area contributed by atoms with Gasteiger partial charge in [-0.15, -0.1) is 0 Å². The first-order chi connectivity index (χ1) is 9.76. The number of halogens is 2. The van der Waals surface area contributed by atoms with E-state index in [-0.39, 0.29) is 5.75 Å². The number of hydrogen-bond acceptors (Lipinski definition) is 4. The predicted octanol–water partition coefficient (Wildman–Crippen LogP) is 2.82. The normalized spacial score (nSPS) is 13.3. The number of nitrogens with one attached hydrogen (secondary N) is 1. The van der Waals surface area contributed by atoms with Crippen LogP contribution >= 0.6 is 23.2 Å². The van der Waals surface area contributed by atoms with Gasteiger partial charge in [0.05, 0.1) is 28.7 Å². The van der Waals surface area contributed by atoms with Crippen LogP contribution in [0, 0.1) is 0 Å². The van der Waals surface area contributed by atoms with E-state index in [4.69, 9.17) is 28.9 Å². The van der Waals surface area contributed by atoms with Crippen LogP contribution in [0.3, 0.4) is 0 Å². The SMILES string of the molecule is CS(=O)(=O)CCC(N)c1ncc(-c2ccc(Cl)cc2Cl)[nH]1. The molecule has 1 aromatic carbocycles. The smallest absolute Gasteiger partial charge is 0.147 e. The maximum absolute atomic E-state index is 11.2. The van der Waals surface area contributed by atoms with Crippen LogP contribution in [-0.2, 0) is 9.84 Å². The maximum Gasteiger partial charge on any atom is 0.147 e. The Balaban J connectivity index is 2.17. The molecule has 21 heavy (non-hydrogen) atoms. The van der Waals surface area contributed by atoms with Gasteiger partial charge in [0.15, 0.2) is 0 Å². The Labute approximate surface area is 133 Å². The Hall–Kier alpha value is -1.08. The lowest BCUT2D eigenvalue weighted by Crippen LogP contribution is -2.16. The number of nitrogens with zero attached hydrogens (tertiary/aromatic N) is 1. The summed E-state index contributed by atoms with van der Waals surface area (Å²) in [7, 11) is -3.04. The summed E-state index contributed by atoms with van der Waals surface area (Å²) < 4.78 is 22.3. The second-order valence-corrected chi connectivity index (χ2v) is 7.93. The van der Waals surface area contributed by atoms with Crippen molar-refractivity contribution in [3.63, 3.8) is 0 Å². The summed E-state index contributed by atoms with van der Waals surface area (Å²) in [5.41, 5.74) is 7.41. The van der Waals surface area contributed by atoms with E-state index in [1.165, 1.54) is 6.26 Å². The molecular formula is C13H15Cl2N3O2S. The molecule has 1 aromatic heterocycles. The molecule has 0 aliphatic carbocycles. The molecule has 8 heteroatoms. The third kappa shape index (κ3) is 4.44.